The first-order valence-corrected chi connectivity index (χ1v) is 10.3. The summed E-state index contributed by atoms with van der Waals surface area (Å²) >= 11 is 0. The average Bonchev–Trinajstić information content (AvgIpc) is 2.91. The fourth-order valence-corrected chi connectivity index (χ4v) is 3.94. The van der Waals surface area contributed by atoms with E-state index >= 15 is 0 Å². The van der Waals surface area contributed by atoms with E-state index in [1.54, 1.807) is 0 Å². The van der Waals surface area contributed by atoms with Crippen LogP contribution in [0.1, 0.15) is 11.1 Å². The van der Waals surface area contributed by atoms with Crippen LogP contribution in [0, 0.1) is 10.7 Å². The van der Waals surface area contributed by atoms with E-state index in [9.17, 15) is 22.8 Å². The molecule has 3 aromatic rings. The Morgan fingerprint density at radius 2 is 2.10 bits per heavy atom. The van der Waals surface area contributed by atoms with Gasteiger partial charge in [0.15, 0.2) is 12.5 Å². The van der Waals surface area contributed by atoms with Gasteiger partial charge in [0.2, 0.25) is 15.9 Å². The molecule has 1 aromatic heterocycles. The van der Waals surface area contributed by atoms with E-state index in [0.717, 1.165) is 6.26 Å². The molecule has 1 aliphatic rings. The maximum absolute atomic E-state index is 14.1. The SMILES string of the molecule is CS(=O)(=O)Nc1ccc2c(N=O)c(O)n(Cc3cc(F)cc4c3OCOC4)c2c1. The maximum Gasteiger partial charge on any atom is 0.229 e. The van der Waals surface area contributed by atoms with Gasteiger partial charge in [-0.1, -0.05) is 0 Å². The lowest BCUT2D eigenvalue weighted by Gasteiger charge is -2.21. The molecule has 152 valence electrons. The van der Waals surface area contributed by atoms with Crippen LogP contribution >= 0.6 is 0 Å². The van der Waals surface area contributed by atoms with Crippen LogP contribution in [0.3, 0.4) is 0 Å². The molecule has 0 bridgehead atoms. The number of halogens is 1. The van der Waals surface area contributed by atoms with Gasteiger partial charge in [-0.3, -0.25) is 4.72 Å². The molecule has 0 fully saturated rings. The molecule has 1 aliphatic heterocycles. The highest BCUT2D eigenvalue weighted by molar-refractivity contribution is 7.92. The minimum atomic E-state index is -3.53. The number of nitrogens with zero attached hydrogens (tertiary/aromatic N) is 2. The Morgan fingerprint density at radius 1 is 1.31 bits per heavy atom. The van der Waals surface area contributed by atoms with E-state index in [1.807, 2.05) is 0 Å². The molecular formula is C18H16FN3O6S. The maximum atomic E-state index is 14.1. The largest absolute Gasteiger partial charge is 0.493 e. The van der Waals surface area contributed by atoms with Crippen molar-refractivity contribution < 1.29 is 27.4 Å². The fraction of sp³-hybridized carbons (Fsp3) is 0.222. The van der Waals surface area contributed by atoms with Gasteiger partial charge in [-0.05, 0) is 35.5 Å². The third-order valence-corrected chi connectivity index (χ3v) is 5.09. The van der Waals surface area contributed by atoms with E-state index < -0.39 is 21.7 Å². The molecule has 0 atom stereocenters. The number of anilines is 1. The van der Waals surface area contributed by atoms with Gasteiger partial charge in [-0.25, -0.2) is 12.8 Å². The minimum Gasteiger partial charge on any atom is -0.493 e. The van der Waals surface area contributed by atoms with E-state index in [1.165, 1.54) is 34.9 Å². The topological polar surface area (TPSA) is 119 Å². The van der Waals surface area contributed by atoms with Crippen molar-refractivity contribution in [1.29, 1.82) is 0 Å². The van der Waals surface area contributed by atoms with Crippen LogP contribution in [0.15, 0.2) is 35.5 Å². The second-order valence-electron chi connectivity index (χ2n) is 6.62. The van der Waals surface area contributed by atoms with Crippen molar-refractivity contribution >= 4 is 32.3 Å². The van der Waals surface area contributed by atoms with Crippen LogP contribution in [0.2, 0.25) is 0 Å². The number of benzene rings is 2. The fourth-order valence-electron chi connectivity index (χ4n) is 3.39. The molecule has 0 amide bonds. The summed E-state index contributed by atoms with van der Waals surface area (Å²) in [5, 5.41) is 13.8. The molecule has 0 radical (unpaired) electrons. The standard InChI is InChI=1S/C18H16FN3O6S/c1-29(25,26)21-13-2-3-14-15(6-13)22(18(23)16(14)20-24)7-10-4-12(19)5-11-8-27-9-28-17(10)11/h2-6,21,23H,7-9H2,1H3. The summed E-state index contributed by atoms with van der Waals surface area (Å²) in [6.45, 7) is 0.149. The quantitative estimate of drug-likeness (QED) is 0.611. The highest BCUT2D eigenvalue weighted by atomic mass is 32.2. The van der Waals surface area contributed by atoms with Crippen LogP contribution in [0.25, 0.3) is 10.9 Å². The predicted octanol–water partition coefficient (Wildman–Crippen LogP) is 3.17. The number of rotatable bonds is 5. The summed E-state index contributed by atoms with van der Waals surface area (Å²) in [7, 11) is -3.53. The van der Waals surface area contributed by atoms with E-state index in [2.05, 4.69) is 9.90 Å². The number of fused-ring (bicyclic) bond motifs is 2. The highest BCUT2D eigenvalue weighted by Gasteiger charge is 2.22. The summed E-state index contributed by atoms with van der Waals surface area (Å²) in [5.74, 6) is -0.488. The van der Waals surface area contributed by atoms with Crippen molar-refractivity contribution in [3.8, 4) is 11.6 Å². The van der Waals surface area contributed by atoms with Crippen LogP contribution in [0.4, 0.5) is 15.8 Å². The van der Waals surface area contributed by atoms with Crippen molar-refractivity contribution in [2.24, 2.45) is 5.18 Å². The molecule has 2 heterocycles. The number of hydrogen-bond acceptors (Lipinski definition) is 7. The molecule has 0 unspecified atom stereocenters. The Balaban J connectivity index is 1.87. The van der Waals surface area contributed by atoms with Gasteiger partial charge < -0.3 is 19.1 Å². The number of nitrogens with one attached hydrogen (secondary N) is 1. The van der Waals surface area contributed by atoms with Gasteiger partial charge in [0.1, 0.15) is 11.6 Å². The van der Waals surface area contributed by atoms with Gasteiger partial charge >= 0.3 is 0 Å². The van der Waals surface area contributed by atoms with Crippen LogP contribution < -0.4 is 9.46 Å². The van der Waals surface area contributed by atoms with Crippen LogP contribution in [-0.4, -0.2) is 31.1 Å². The van der Waals surface area contributed by atoms with Gasteiger partial charge in [-0.15, -0.1) is 4.91 Å². The zero-order valence-corrected chi connectivity index (χ0v) is 16.0. The third kappa shape index (κ3) is 3.61. The van der Waals surface area contributed by atoms with Gasteiger partial charge in [0, 0.05) is 16.5 Å². The molecule has 2 N–H and O–H groups in total. The van der Waals surface area contributed by atoms with E-state index in [0.29, 0.717) is 27.8 Å². The second kappa shape index (κ2) is 7.01. The Kier molecular flexibility index (Phi) is 4.63. The molecule has 0 aliphatic carbocycles. The van der Waals surface area contributed by atoms with Crippen LogP contribution in [0.5, 0.6) is 11.6 Å². The van der Waals surface area contributed by atoms with Crippen molar-refractivity contribution in [3.05, 3.63) is 52.2 Å². The number of hydrogen-bond donors (Lipinski definition) is 2. The summed E-state index contributed by atoms with van der Waals surface area (Å²) in [4.78, 5) is 11.3. The molecule has 4 rings (SSSR count). The second-order valence-corrected chi connectivity index (χ2v) is 8.37. The number of aromatic nitrogens is 1. The van der Waals surface area contributed by atoms with Gasteiger partial charge in [0.05, 0.1) is 30.6 Å². The third-order valence-electron chi connectivity index (χ3n) is 4.49. The van der Waals surface area contributed by atoms with E-state index in [-0.39, 0.29) is 31.3 Å². The lowest BCUT2D eigenvalue weighted by Crippen LogP contribution is -2.15. The zero-order chi connectivity index (χ0) is 20.8. The molecule has 0 saturated carbocycles. The molecule has 11 heteroatoms. The monoisotopic (exact) mass is 421 g/mol. The molecule has 29 heavy (non-hydrogen) atoms. The Bertz CT molecular complexity index is 1240. The van der Waals surface area contributed by atoms with Crippen molar-refractivity contribution in [2.45, 2.75) is 13.2 Å². The molecule has 0 saturated heterocycles. The summed E-state index contributed by atoms with van der Waals surface area (Å²) in [5.41, 5.74) is 1.34. The molecule has 2 aromatic carbocycles. The lowest BCUT2D eigenvalue weighted by atomic mass is 10.1. The number of sulfonamides is 1. The van der Waals surface area contributed by atoms with Gasteiger partial charge in [0.25, 0.3) is 0 Å². The summed E-state index contributed by atoms with van der Waals surface area (Å²) < 4.78 is 51.5. The van der Waals surface area contributed by atoms with Crippen LogP contribution in [-0.2, 0) is 27.9 Å². The average molecular weight is 421 g/mol. The highest BCUT2D eigenvalue weighted by Crippen LogP contribution is 2.41. The zero-order valence-electron chi connectivity index (χ0n) is 15.2. The minimum absolute atomic E-state index is 0.00755. The predicted molar refractivity (Wildman–Crippen MR) is 103 cm³/mol. The number of nitroso groups, excluding NO2 is 1. The summed E-state index contributed by atoms with van der Waals surface area (Å²) in [6.07, 6.45) is 1.00. The van der Waals surface area contributed by atoms with E-state index in [4.69, 9.17) is 9.47 Å². The number of aromatic hydroxyl groups is 1. The summed E-state index contributed by atoms with van der Waals surface area (Å²) in [6, 6.07) is 6.95. The van der Waals surface area contributed by atoms with Gasteiger partial charge in [-0.2, -0.15) is 0 Å². The first-order chi connectivity index (χ1) is 13.8. The number of ether oxygens (including phenoxy) is 2. The van der Waals surface area contributed by atoms with Crippen molar-refractivity contribution in [3.63, 3.8) is 0 Å². The molecular weight excluding hydrogens is 405 g/mol. The lowest BCUT2D eigenvalue weighted by molar-refractivity contribution is -0.0173. The first kappa shape index (κ1) is 19.2. The molecule has 9 nitrogen and oxygen atoms in total. The van der Waals surface area contributed by atoms with Crippen molar-refractivity contribution in [2.75, 3.05) is 17.8 Å². The Morgan fingerprint density at radius 3 is 2.83 bits per heavy atom. The van der Waals surface area contributed by atoms with Crippen molar-refractivity contribution in [1.82, 2.24) is 4.57 Å². The normalized spacial score (nSPS) is 13.7. The first-order valence-electron chi connectivity index (χ1n) is 8.45. The smallest absolute Gasteiger partial charge is 0.229 e. The Hall–Kier alpha value is -3.18. The molecule has 0 spiro atoms. The Labute approximate surface area is 164 Å².